The lowest BCUT2D eigenvalue weighted by Crippen LogP contribution is -2.41. The highest BCUT2D eigenvalue weighted by molar-refractivity contribution is 7.96. The number of benzene rings is 1. The lowest BCUT2D eigenvalue weighted by atomic mass is 9.77. The highest BCUT2D eigenvalue weighted by Crippen LogP contribution is 2.43. The predicted molar refractivity (Wildman–Crippen MR) is 115 cm³/mol. The summed E-state index contributed by atoms with van der Waals surface area (Å²) in [5.74, 6) is 0. The minimum atomic E-state index is 0.545. The van der Waals surface area contributed by atoms with Crippen LogP contribution < -0.4 is 10.6 Å². The quantitative estimate of drug-likeness (QED) is 0.592. The molecular weight excluding hydrogens is 326 g/mol. The number of rotatable bonds is 3. The van der Waals surface area contributed by atoms with Gasteiger partial charge in [0.25, 0.3) is 0 Å². The van der Waals surface area contributed by atoms with E-state index in [9.17, 15) is 0 Å². The van der Waals surface area contributed by atoms with Crippen molar-refractivity contribution in [3.8, 4) is 0 Å². The van der Waals surface area contributed by atoms with Gasteiger partial charge in [-0.2, -0.15) is 0 Å². The number of piperidine rings is 1. The third kappa shape index (κ3) is 4.73. The Kier molecular flexibility index (Phi) is 7.26. The van der Waals surface area contributed by atoms with E-state index in [2.05, 4.69) is 48.9 Å². The fraction of sp³-hybridized carbons (Fsp3) is 0.619. The number of nitrogens with zero attached hydrogens (tertiary/aromatic N) is 2. The first-order valence-electron chi connectivity index (χ1n) is 9.55. The third-order valence-electron chi connectivity index (χ3n) is 5.36. The maximum atomic E-state index is 6.18. The van der Waals surface area contributed by atoms with Crippen LogP contribution in [-0.2, 0) is 0 Å². The van der Waals surface area contributed by atoms with Crippen molar-refractivity contribution in [3.63, 3.8) is 0 Å². The van der Waals surface area contributed by atoms with Crippen LogP contribution in [0.5, 0.6) is 0 Å². The molecule has 2 aliphatic rings. The summed E-state index contributed by atoms with van der Waals surface area (Å²) in [7, 11) is 0. The van der Waals surface area contributed by atoms with Crippen LogP contribution in [0.3, 0.4) is 0 Å². The van der Waals surface area contributed by atoms with Crippen LogP contribution in [0, 0.1) is 12.3 Å². The van der Waals surface area contributed by atoms with Crippen molar-refractivity contribution in [2.45, 2.75) is 46.5 Å². The molecule has 0 atom stereocenters. The van der Waals surface area contributed by atoms with Gasteiger partial charge in [0.05, 0.1) is 0 Å². The number of nitrogen functional groups attached to an aromatic ring is 1. The van der Waals surface area contributed by atoms with E-state index >= 15 is 0 Å². The molecular formula is C21H35N3S. The van der Waals surface area contributed by atoms with Crippen molar-refractivity contribution in [3.05, 3.63) is 29.8 Å². The van der Waals surface area contributed by atoms with E-state index in [0.29, 0.717) is 5.41 Å². The minimum Gasteiger partial charge on any atom is -0.398 e. The second-order valence-electron chi connectivity index (χ2n) is 7.48. The summed E-state index contributed by atoms with van der Waals surface area (Å²) >= 11 is 1.90. The molecule has 1 spiro atoms. The van der Waals surface area contributed by atoms with E-state index in [4.69, 9.17) is 5.73 Å². The van der Waals surface area contributed by atoms with Crippen molar-refractivity contribution >= 4 is 29.4 Å². The largest absolute Gasteiger partial charge is 0.398 e. The highest BCUT2D eigenvalue weighted by Gasteiger charge is 2.40. The van der Waals surface area contributed by atoms with Gasteiger partial charge < -0.3 is 10.6 Å². The number of hydrogen-bond donors (Lipinski definition) is 1. The van der Waals surface area contributed by atoms with E-state index in [0.717, 1.165) is 24.3 Å². The smallest absolute Gasteiger partial charge is 0.0463 e. The monoisotopic (exact) mass is 361 g/mol. The molecule has 0 unspecified atom stereocenters. The molecule has 0 saturated carbocycles. The number of hydrogen-bond acceptors (Lipinski definition) is 4. The summed E-state index contributed by atoms with van der Waals surface area (Å²) in [5, 5.41) is 0. The summed E-state index contributed by atoms with van der Waals surface area (Å²) in [6, 6.07) is 4.30. The Morgan fingerprint density at radius 2 is 1.80 bits per heavy atom. The molecule has 0 amide bonds. The zero-order chi connectivity index (χ0) is 18.4. The van der Waals surface area contributed by atoms with Gasteiger partial charge in [0.15, 0.2) is 0 Å². The molecule has 0 aromatic heterocycles. The minimum absolute atomic E-state index is 0.545. The van der Waals surface area contributed by atoms with Crippen LogP contribution in [0.2, 0.25) is 0 Å². The molecule has 0 aliphatic carbocycles. The van der Waals surface area contributed by atoms with Gasteiger partial charge in [0.1, 0.15) is 0 Å². The van der Waals surface area contributed by atoms with E-state index in [-0.39, 0.29) is 0 Å². The highest BCUT2D eigenvalue weighted by atomic mass is 32.2. The van der Waals surface area contributed by atoms with Gasteiger partial charge >= 0.3 is 0 Å². The molecule has 4 heteroatoms. The van der Waals surface area contributed by atoms with Crippen molar-refractivity contribution in [1.82, 2.24) is 4.31 Å². The number of aryl methyl sites for hydroxylation is 1. The molecule has 2 aliphatic heterocycles. The van der Waals surface area contributed by atoms with Crippen LogP contribution in [-0.4, -0.2) is 36.7 Å². The van der Waals surface area contributed by atoms with Gasteiger partial charge in [0, 0.05) is 43.1 Å². The lowest BCUT2D eigenvalue weighted by molar-refractivity contribution is 0.237. The Hall–Kier alpha value is -1.13. The van der Waals surface area contributed by atoms with Crippen LogP contribution >= 0.6 is 11.9 Å². The maximum Gasteiger partial charge on any atom is 0.0463 e. The molecule has 2 fully saturated rings. The Balaban J connectivity index is 0.000000701. The third-order valence-corrected chi connectivity index (χ3v) is 6.19. The molecule has 1 aromatic carbocycles. The van der Waals surface area contributed by atoms with Gasteiger partial charge in [-0.05, 0) is 55.6 Å². The zero-order valence-electron chi connectivity index (χ0n) is 16.5. The lowest BCUT2D eigenvalue weighted by Gasteiger charge is -2.41. The van der Waals surface area contributed by atoms with Gasteiger partial charge in [-0.25, -0.2) is 0 Å². The molecule has 3 nitrogen and oxygen atoms in total. The summed E-state index contributed by atoms with van der Waals surface area (Å²) in [6.07, 6.45) is 9.27. The Labute approximate surface area is 158 Å². The van der Waals surface area contributed by atoms with E-state index in [1.807, 2.05) is 24.1 Å². The van der Waals surface area contributed by atoms with Crippen LogP contribution in [0.25, 0.3) is 6.08 Å². The van der Waals surface area contributed by atoms with Crippen LogP contribution in [0.1, 0.15) is 50.7 Å². The summed E-state index contributed by atoms with van der Waals surface area (Å²) in [4.78, 5) is 2.51. The van der Waals surface area contributed by atoms with E-state index in [1.165, 1.54) is 50.0 Å². The summed E-state index contributed by atoms with van der Waals surface area (Å²) < 4.78 is 2.52. The second kappa shape index (κ2) is 9.00. The van der Waals surface area contributed by atoms with Crippen LogP contribution in [0.15, 0.2) is 18.7 Å². The molecule has 0 bridgehead atoms. The first-order chi connectivity index (χ1) is 12.0. The SMILES string of the molecule is C=Cc1c(N)cc(C)cc1N1CCC2(CCN(SC)C2)CC1.CCC. The van der Waals surface area contributed by atoms with E-state index < -0.39 is 0 Å². The Morgan fingerprint density at radius 3 is 2.32 bits per heavy atom. The predicted octanol–water partition coefficient (Wildman–Crippen LogP) is 5.21. The number of nitrogens with two attached hydrogens (primary N) is 1. The van der Waals surface area contributed by atoms with Crippen molar-refractivity contribution in [1.29, 1.82) is 0 Å². The topological polar surface area (TPSA) is 32.5 Å². The normalized spacial score (nSPS) is 19.6. The second-order valence-corrected chi connectivity index (χ2v) is 8.36. The molecule has 3 rings (SSSR count). The molecule has 0 radical (unpaired) electrons. The first kappa shape index (κ1) is 20.2. The standard InChI is InChI=1S/C18H27N3S.C3H8/c1-4-15-16(19)11-14(2)12-17(15)20-8-5-18(6-9-20)7-10-21(13-18)22-3;1-3-2/h4,11-12H,1,5-10,13,19H2,2-3H3;3H2,1-2H3. The molecule has 1 aromatic rings. The average Bonchev–Trinajstić information content (AvgIpc) is 2.99. The molecule has 2 N–H and O–H groups in total. The number of anilines is 2. The van der Waals surface area contributed by atoms with Crippen LogP contribution in [0.4, 0.5) is 11.4 Å². The molecule has 2 saturated heterocycles. The Morgan fingerprint density at radius 1 is 1.20 bits per heavy atom. The van der Waals surface area contributed by atoms with Gasteiger partial charge in [-0.3, -0.25) is 4.31 Å². The van der Waals surface area contributed by atoms with Crippen molar-refractivity contribution in [2.75, 3.05) is 43.1 Å². The Bertz CT molecular complexity index is 577. The summed E-state index contributed by atoms with van der Waals surface area (Å²) in [6.45, 7) is 15.1. The molecule has 2 heterocycles. The van der Waals surface area contributed by atoms with Gasteiger partial charge in [0.2, 0.25) is 0 Å². The molecule has 140 valence electrons. The average molecular weight is 362 g/mol. The van der Waals surface area contributed by atoms with Gasteiger partial charge in [-0.15, -0.1) is 0 Å². The first-order valence-corrected chi connectivity index (χ1v) is 10.7. The van der Waals surface area contributed by atoms with Crippen molar-refractivity contribution in [2.24, 2.45) is 5.41 Å². The molecule has 25 heavy (non-hydrogen) atoms. The fourth-order valence-corrected chi connectivity index (χ4v) is 4.65. The van der Waals surface area contributed by atoms with Gasteiger partial charge in [-0.1, -0.05) is 44.9 Å². The van der Waals surface area contributed by atoms with Crippen molar-refractivity contribution < 1.29 is 0 Å². The zero-order valence-corrected chi connectivity index (χ0v) is 17.3. The summed E-state index contributed by atoms with van der Waals surface area (Å²) in [5.41, 5.74) is 11.2. The van der Waals surface area contributed by atoms with E-state index in [1.54, 1.807) is 0 Å². The fourth-order valence-electron chi connectivity index (χ4n) is 3.97. The maximum absolute atomic E-state index is 6.18.